The second kappa shape index (κ2) is 7.16. The van der Waals surface area contributed by atoms with Crippen LogP contribution in [-0.4, -0.2) is 0 Å². The van der Waals surface area contributed by atoms with E-state index in [9.17, 15) is 0 Å². The predicted molar refractivity (Wildman–Crippen MR) is 54.2 cm³/mol. The van der Waals surface area contributed by atoms with Gasteiger partial charge in [-0.2, -0.15) is 0 Å². The molecule has 2 aromatic heterocycles. The van der Waals surface area contributed by atoms with Crippen molar-refractivity contribution in [2.24, 2.45) is 14.1 Å². The smallest absolute Gasteiger partial charge is 0.218 e. The third kappa shape index (κ3) is 3.65. The Hall–Kier alpha value is -0.240. The summed E-state index contributed by atoms with van der Waals surface area (Å²) in [6.45, 7) is 0. The molecule has 0 saturated carbocycles. The first kappa shape index (κ1) is 15.8. The molecule has 0 bridgehead atoms. The van der Waals surface area contributed by atoms with Crippen LogP contribution in [0.15, 0.2) is 48.9 Å². The molecular weight excluding hydrogens is 426 g/mol. The Kier molecular flexibility index (Phi) is 7.05. The first-order valence-electron chi connectivity index (χ1n) is 4.68. The van der Waals surface area contributed by atoms with Crippen molar-refractivity contribution >= 4 is 0 Å². The normalized spacial score (nSPS) is 8.88. The van der Waals surface area contributed by atoms with Crippen LogP contribution < -0.4 is 57.1 Å². The van der Waals surface area contributed by atoms with Crippen molar-refractivity contribution in [3.05, 3.63) is 48.9 Å². The third-order valence-corrected chi connectivity index (χ3v) is 2.29. The molecule has 2 aromatic rings. The van der Waals surface area contributed by atoms with Gasteiger partial charge < -0.3 is 48.0 Å². The second-order valence-corrected chi connectivity index (χ2v) is 3.45. The van der Waals surface area contributed by atoms with Crippen LogP contribution in [0.5, 0.6) is 0 Å². The molecule has 0 N–H and O–H groups in total. The van der Waals surface area contributed by atoms with Crippen molar-refractivity contribution < 1.29 is 57.1 Å². The zero-order chi connectivity index (χ0) is 9.97. The molecule has 16 heavy (non-hydrogen) atoms. The van der Waals surface area contributed by atoms with Gasteiger partial charge in [-0.25, -0.2) is 9.13 Å². The lowest BCUT2D eigenvalue weighted by atomic mass is 10.2. The Labute approximate surface area is 130 Å². The maximum absolute atomic E-state index is 2.12. The number of aryl methyl sites for hydroxylation is 2. The van der Waals surface area contributed by atoms with Crippen molar-refractivity contribution in [2.45, 2.75) is 0 Å². The first-order chi connectivity index (χ1) is 6.77. The van der Waals surface area contributed by atoms with Crippen molar-refractivity contribution in [2.75, 3.05) is 0 Å². The lowest BCUT2D eigenvalue weighted by Crippen LogP contribution is -3.00. The number of halogens is 2. The van der Waals surface area contributed by atoms with Crippen molar-refractivity contribution in [1.82, 2.24) is 0 Å². The Morgan fingerprint density at radius 2 is 1.62 bits per heavy atom. The van der Waals surface area contributed by atoms with Gasteiger partial charge in [-0.05, 0) is 12.1 Å². The summed E-state index contributed by atoms with van der Waals surface area (Å²) in [7, 11) is 4.09. The van der Waals surface area contributed by atoms with E-state index in [1.165, 1.54) is 11.3 Å². The summed E-state index contributed by atoms with van der Waals surface area (Å²) in [5.41, 5.74) is 2.46. The molecule has 0 saturated heterocycles. The van der Waals surface area contributed by atoms with Crippen LogP contribution in [0.2, 0.25) is 0 Å². The molecule has 0 spiro atoms. The van der Waals surface area contributed by atoms with Gasteiger partial charge in [0.25, 0.3) is 0 Å². The quantitative estimate of drug-likeness (QED) is 0.310. The predicted octanol–water partition coefficient (Wildman–Crippen LogP) is -4.99. The highest BCUT2D eigenvalue weighted by atomic mass is 127. The van der Waals surface area contributed by atoms with E-state index in [4.69, 9.17) is 0 Å². The van der Waals surface area contributed by atoms with Gasteiger partial charge in [0.2, 0.25) is 5.69 Å². The van der Waals surface area contributed by atoms with E-state index >= 15 is 0 Å². The van der Waals surface area contributed by atoms with Crippen LogP contribution in [0.4, 0.5) is 0 Å². The zero-order valence-corrected chi connectivity index (χ0v) is 13.6. The number of hydrogen-bond donors (Lipinski definition) is 0. The van der Waals surface area contributed by atoms with Gasteiger partial charge >= 0.3 is 0 Å². The Bertz CT molecular complexity index is 458. The van der Waals surface area contributed by atoms with E-state index in [0.29, 0.717) is 0 Å². The van der Waals surface area contributed by atoms with Crippen LogP contribution in [0.1, 0.15) is 0 Å². The topological polar surface area (TPSA) is 7.76 Å². The molecule has 0 unspecified atom stereocenters. The van der Waals surface area contributed by atoms with Gasteiger partial charge in [0.15, 0.2) is 18.6 Å². The van der Waals surface area contributed by atoms with Crippen LogP contribution in [-0.2, 0) is 14.1 Å². The average molecular weight is 440 g/mol. The van der Waals surface area contributed by atoms with Gasteiger partial charge in [-0.15, -0.1) is 0 Å². The minimum absolute atomic E-state index is 0. The summed E-state index contributed by atoms with van der Waals surface area (Å²) in [6, 6.07) is 10.4. The Balaban J connectivity index is 0.00000112. The summed E-state index contributed by atoms with van der Waals surface area (Å²) >= 11 is 0. The Morgan fingerprint density at radius 3 is 2.25 bits per heavy atom. The van der Waals surface area contributed by atoms with Gasteiger partial charge in [-0.1, -0.05) is 0 Å². The molecule has 0 atom stereocenters. The highest BCUT2D eigenvalue weighted by Gasteiger charge is 2.10. The molecule has 0 radical (unpaired) electrons. The summed E-state index contributed by atoms with van der Waals surface area (Å²) in [5.74, 6) is 0. The van der Waals surface area contributed by atoms with Crippen molar-refractivity contribution in [1.29, 1.82) is 0 Å². The van der Waals surface area contributed by atoms with E-state index in [-0.39, 0.29) is 48.0 Å². The SMILES string of the molecule is C[n+]1cccc(-c2cccc[n+]2C)c1.[I-].[I-]. The largest absolute Gasteiger partial charge is 1.00 e. The molecule has 0 aliphatic heterocycles. The van der Waals surface area contributed by atoms with Gasteiger partial charge in [0.1, 0.15) is 19.7 Å². The fraction of sp³-hybridized carbons (Fsp3) is 0.167. The maximum Gasteiger partial charge on any atom is 0.218 e. The molecular formula is C12H14I2N2. The molecule has 0 aliphatic carbocycles. The van der Waals surface area contributed by atoms with E-state index in [2.05, 4.69) is 52.8 Å². The summed E-state index contributed by atoms with van der Waals surface area (Å²) in [4.78, 5) is 0. The lowest BCUT2D eigenvalue weighted by molar-refractivity contribution is -0.674. The summed E-state index contributed by atoms with van der Waals surface area (Å²) in [6.07, 6.45) is 6.21. The highest BCUT2D eigenvalue weighted by Crippen LogP contribution is 2.10. The summed E-state index contributed by atoms with van der Waals surface area (Å²) < 4.78 is 4.18. The fourth-order valence-corrected chi connectivity index (χ4v) is 1.56. The minimum Gasteiger partial charge on any atom is -1.00 e. The van der Waals surface area contributed by atoms with E-state index in [1.807, 2.05) is 19.3 Å². The van der Waals surface area contributed by atoms with E-state index in [1.54, 1.807) is 0 Å². The Morgan fingerprint density at radius 1 is 0.875 bits per heavy atom. The van der Waals surface area contributed by atoms with Crippen LogP contribution in [0, 0.1) is 0 Å². The van der Waals surface area contributed by atoms with Gasteiger partial charge in [0, 0.05) is 18.2 Å². The number of aromatic nitrogens is 2. The highest BCUT2D eigenvalue weighted by molar-refractivity contribution is 5.52. The molecule has 0 fully saturated rings. The maximum atomic E-state index is 2.12. The van der Waals surface area contributed by atoms with Crippen LogP contribution in [0.3, 0.4) is 0 Å². The molecule has 2 rings (SSSR count). The third-order valence-electron chi connectivity index (χ3n) is 2.29. The second-order valence-electron chi connectivity index (χ2n) is 3.45. The standard InChI is InChI=1S/C12H14N2.2HI/c1-13-8-5-6-11(10-13)12-7-3-4-9-14(12)2;;/h3-10H,1-2H3;2*1H/q+2;;/p-2. The average Bonchev–Trinajstić information content (AvgIpc) is 2.18. The van der Waals surface area contributed by atoms with Crippen LogP contribution >= 0.6 is 0 Å². The molecule has 2 heterocycles. The fourth-order valence-electron chi connectivity index (χ4n) is 1.56. The van der Waals surface area contributed by atoms with E-state index < -0.39 is 0 Å². The van der Waals surface area contributed by atoms with Crippen molar-refractivity contribution in [3.63, 3.8) is 0 Å². The van der Waals surface area contributed by atoms with E-state index in [0.717, 1.165) is 0 Å². The molecule has 0 aliphatic rings. The number of pyridine rings is 2. The minimum atomic E-state index is 0. The summed E-state index contributed by atoms with van der Waals surface area (Å²) in [5, 5.41) is 0. The molecule has 0 amide bonds. The number of nitrogens with zero attached hydrogens (tertiary/aromatic N) is 2. The van der Waals surface area contributed by atoms with Gasteiger partial charge in [-0.3, -0.25) is 0 Å². The molecule has 4 heteroatoms. The zero-order valence-electron chi connectivity index (χ0n) is 9.27. The lowest BCUT2D eigenvalue weighted by Gasteiger charge is -1.97. The van der Waals surface area contributed by atoms with Crippen LogP contribution in [0.25, 0.3) is 11.3 Å². The molecule has 0 aromatic carbocycles. The number of hydrogen-bond acceptors (Lipinski definition) is 0. The van der Waals surface area contributed by atoms with Crippen molar-refractivity contribution in [3.8, 4) is 11.3 Å². The molecule has 2 nitrogen and oxygen atoms in total. The molecule has 86 valence electrons. The number of rotatable bonds is 1. The monoisotopic (exact) mass is 440 g/mol. The van der Waals surface area contributed by atoms with Gasteiger partial charge in [0.05, 0.1) is 0 Å². The first-order valence-corrected chi connectivity index (χ1v) is 4.68.